The maximum atomic E-state index is 11.3. The number of aromatic nitrogens is 2. The first-order valence-corrected chi connectivity index (χ1v) is 7.12. The second kappa shape index (κ2) is 5.93. The van der Waals surface area contributed by atoms with Crippen LogP contribution in [0.2, 0.25) is 0 Å². The molecule has 112 valence electrons. The first kappa shape index (κ1) is 14.2. The van der Waals surface area contributed by atoms with Crippen molar-refractivity contribution in [3.63, 3.8) is 0 Å². The minimum absolute atomic E-state index is 0.0878. The number of anilines is 1. The third-order valence-corrected chi connectivity index (χ3v) is 3.73. The van der Waals surface area contributed by atoms with Crippen LogP contribution < -0.4 is 4.90 Å². The Balaban J connectivity index is 1.94. The molecule has 0 saturated carbocycles. The maximum absolute atomic E-state index is 11.3. The molecule has 0 radical (unpaired) electrons. The van der Waals surface area contributed by atoms with Crippen molar-refractivity contribution in [3.05, 3.63) is 64.1 Å². The number of nitro groups is 1. The fourth-order valence-corrected chi connectivity index (χ4v) is 2.66. The van der Waals surface area contributed by atoms with Crippen LogP contribution in [0, 0.1) is 17.0 Å². The molecule has 0 N–H and O–H groups in total. The lowest BCUT2D eigenvalue weighted by molar-refractivity contribution is -0.384. The molecule has 2 aromatic heterocycles. The summed E-state index contributed by atoms with van der Waals surface area (Å²) in [5.74, 6) is 0.437. The molecule has 0 unspecified atom stereocenters. The zero-order valence-corrected chi connectivity index (χ0v) is 12.3. The molecule has 0 atom stereocenters. The highest BCUT2D eigenvalue weighted by Crippen LogP contribution is 2.32. The van der Waals surface area contributed by atoms with Crippen LogP contribution in [-0.4, -0.2) is 28.0 Å². The molecule has 0 amide bonds. The first-order chi connectivity index (χ1) is 10.7. The second-order valence-electron chi connectivity index (χ2n) is 5.21. The van der Waals surface area contributed by atoms with E-state index in [0.29, 0.717) is 24.5 Å². The van der Waals surface area contributed by atoms with E-state index in [0.717, 1.165) is 17.7 Å². The molecule has 2 aromatic rings. The third kappa shape index (κ3) is 2.67. The fraction of sp³-hybridized carbons (Fsp3) is 0.250. The van der Waals surface area contributed by atoms with E-state index in [-0.39, 0.29) is 10.6 Å². The summed E-state index contributed by atoms with van der Waals surface area (Å²) in [6, 6.07) is 7.43. The summed E-state index contributed by atoms with van der Waals surface area (Å²) < 4.78 is 0. The van der Waals surface area contributed by atoms with Gasteiger partial charge >= 0.3 is 5.69 Å². The molecule has 3 heterocycles. The van der Waals surface area contributed by atoms with Crippen LogP contribution in [0.4, 0.5) is 11.5 Å². The number of nitrogens with zero attached hydrogens (tertiary/aromatic N) is 4. The van der Waals surface area contributed by atoms with Gasteiger partial charge in [0.05, 0.1) is 10.6 Å². The van der Waals surface area contributed by atoms with Gasteiger partial charge in [0, 0.05) is 31.0 Å². The minimum Gasteiger partial charge on any atom is -0.346 e. The van der Waals surface area contributed by atoms with E-state index < -0.39 is 0 Å². The van der Waals surface area contributed by atoms with Crippen LogP contribution in [0.5, 0.6) is 0 Å². The summed E-state index contributed by atoms with van der Waals surface area (Å²) in [6.07, 6.45) is 6.33. The van der Waals surface area contributed by atoms with Crippen LogP contribution in [0.15, 0.2) is 42.7 Å². The molecule has 0 fully saturated rings. The molecule has 0 spiro atoms. The molecular formula is C16H16N4O2. The Bertz CT molecular complexity index is 728. The van der Waals surface area contributed by atoms with Crippen molar-refractivity contribution in [3.8, 4) is 0 Å². The van der Waals surface area contributed by atoms with Gasteiger partial charge in [-0.3, -0.25) is 15.1 Å². The fourth-order valence-electron chi connectivity index (χ4n) is 2.66. The SMILES string of the molecule is Cc1ccnc(N2CCC=C(c3ccccn3)C2)c1[N+](=O)[O-]. The molecular weight excluding hydrogens is 280 g/mol. The van der Waals surface area contributed by atoms with E-state index in [1.165, 1.54) is 0 Å². The predicted molar refractivity (Wildman–Crippen MR) is 84.7 cm³/mol. The van der Waals surface area contributed by atoms with E-state index in [1.54, 1.807) is 25.4 Å². The summed E-state index contributed by atoms with van der Waals surface area (Å²) >= 11 is 0. The highest BCUT2D eigenvalue weighted by Gasteiger charge is 2.25. The number of pyridine rings is 2. The number of hydrogen-bond acceptors (Lipinski definition) is 5. The highest BCUT2D eigenvalue weighted by molar-refractivity contribution is 5.71. The lowest BCUT2D eigenvalue weighted by Gasteiger charge is -2.28. The topological polar surface area (TPSA) is 72.2 Å². The number of aryl methyl sites for hydroxylation is 1. The van der Waals surface area contributed by atoms with Crippen LogP contribution in [0.1, 0.15) is 17.7 Å². The Morgan fingerprint density at radius 2 is 2.09 bits per heavy atom. The monoisotopic (exact) mass is 296 g/mol. The van der Waals surface area contributed by atoms with Gasteiger partial charge in [-0.1, -0.05) is 12.1 Å². The average molecular weight is 296 g/mol. The summed E-state index contributed by atoms with van der Waals surface area (Å²) in [5.41, 5.74) is 2.70. The van der Waals surface area contributed by atoms with Gasteiger partial charge in [-0.15, -0.1) is 0 Å². The van der Waals surface area contributed by atoms with Crippen molar-refractivity contribution in [1.29, 1.82) is 0 Å². The average Bonchev–Trinajstić information content (AvgIpc) is 2.55. The molecule has 6 heteroatoms. The van der Waals surface area contributed by atoms with Crippen molar-refractivity contribution in [2.75, 3.05) is 18.0 Å². The van der Waals surface area contributed by atoms with Crippen LogP contribution in [0.3, 0.4) is 0 Å². The van der Waals surface area contributed by atoms with E-state index in [2.05, 4.69) is 16.0 Å². The minimum atomic E-state index is -0.351. The highest BCUT2D eigenvalue weighted by atomic mass is 16.6. The molecule has 6 nitrogen and oxygen atoms in total. The summed E-state index contributed by atoms with van der Waals surface area (Å²) in [5, 5.41) is 11.3. The maximum Gasteiger partial charge on any atom is 0.314 e. The third-order valence-electron chi connectivity index (χ3n) is 3.73. The van der Waals surface area contributed by atoms with Crippen LogP contribution in [-0.2, 0) is 0 Å². The normalized spacial score (nSPS) is 14.6. The van der Waals surface area contributed by atoms with Crippen molar-refractivity contribution in [2.45, 2.75) is 13.3 Å². The van der Waals surface area contributed by atoms with E-state index in [9.17, 15) is 10.1 Å². The number of rotatable bonds is 3. The van der Waals surface area contributed by atoms with Crippen molar-refractivity contribution < 1.29 is 4.92 Å². The van der Waals surface area contributed by atoms with Gasteiger partial charge in [-0.25, -0.2) is 4.98 Å². The molecule has 0 aliphatic carbocycles. The van der Waals surface area contributed by atoms with Gasteiger partial charge in [0.2, 0.25) is 5.82 Å². The van der Waals surface area contributed by atoms with Crippen LogP contribution in [0.25, 0.3) is 5.57 Å². The van der Waals surface area contributed by atoms with Gasteiger partial charge in [-0.05, 0) is 37.1 Å². The van der Waals surface area contributed by atoms with Crippen molar-refractivity contribution in [2.24, 2.45) is 0 Å². The Morgan fingerprint density at radius 3 is 2.82 bits per heavy atom. The Kier molecular flexibility index (Phi) is 3.82. The van der Waals surface area contributed by atoms with E-state index in [1.807, 2.05) is 23.1 Å². The molecule has 1 aliphatic rings. The lowest BCUT2D eigenvalue weighted by atomic mass is 10.1. The molecule has 0 saturated heterocycles. The standard InChI is InChI=1S/C16H16N4O2/c1-12-7-9-18-16(15(12)20(21)22)19-10-4-5-13(11-19)14-6-2-3-8-17-14/h2-3,5-9H,4,10-11H2,1H3. The zero-order chi connectivity index (χ0) is 15.5. The molecule has 22 heavy (non-hydrogen) atoms. The smallest absolute Gasteiger partial charge is 0.314 e. The van der Waals surface area contributed by atoms with E-state index in [4.69, 9.17) is 0 Å². The van der Waals surface area contributed by atoms with Gasteiger partial charge in [0.15, 0.2) is 0 Å². The van der Waals surface area contributed by atoms with Crippen LogP contribution >= 0.6 is 0 Å². The van der Waals surface area contributed by atoms with Crippen molar-refractivity contribution >= 4 is 17.1 Å². The predicted octanol–water partition coefficient (Wildman–Crippen LogP) is 2.99. The first-order valence-electron chi connectivity index (χ1n) is 7.12. The number of hydrogen-bond donors (Lipinski definition) is 0. The largest absolute Gasteiger partial charge is 0.346 e. The zero-order valence-electron chi connectivity index (χ0n) is 12.3. The van der Waals surface area contributed by atoms with Crippen molar-refractivity contribution in [1.82, 2.24) is 9.97 Å². The summed E-state index contributed by atoms with van der Waals surface area (Å²) in [6.45, 7) is 3.03. The lowest BCUT2D eigenvalue weighted by Crippen LogP contribution is -2.31. The van der Waals surface area contributed by atoms with Gasteiger partial charge in [0.25, 0.3) is 0 Å². The molecule has 3 rings (SSSR count). The Morgan fingerprint density at radius 1 is 1.23 bits per heavy atom. The second-order valence-corrected chi connectivity index (χ2v) is 5.21. The van der Waals surface area contributed by atoms with Gasteiger partial charge in [0.1, 0.15) is 0 Å². The van der Waals surface area contributed by atoms with E-state index >= 15 is 0 Å². The van der Waals surface area contributed by atoms with Gasteiger partial charge in [-0.2, -0.15) is 0 Å². The quantitative estimate of drug-likeness (QED) is 0.643. The Hall–Kier alpha value is -2.76. The van der Waals surface area contributed by atoms with Gasteiger partial charge < -0.3 is 4.90 Å². The summed E-state index contributed by atoms with van der Waals surface area (Å²) in [7, 11) is 0. The molecule has 0 aromatic carbocycles. The molecule has 1 aliphatic heterocycles. The summed E-state index contributed by atoms with van der Waals surface area (Å²) in [4.78, 5) is 21.6. The Labute approximate surface area is 128 Å². The molecule has 0 bridgehead atoms.